The van der Waals surface area contributed by atoms with E-state index >= 15 is 0 Å². The lowest BCUT2D eigenvalue weighted by atomic mass is 10.0. The number of nitrogens with zero attached hydrogens (tertiary/aromatic N) is 2. The van der Waals surface area contributed by atoms with E-state index in [9.17, 15) is 0 Å². The van der Waals surface area contributed by atoms with Gasteiger partial charge >= 0.3 is 0 Å². The molecule has 0 amide bonds. The van der Waals surface area contributed by atoms with Crippen molar-refractivity contribution >= 4 is 5.96 Å². The van der Waals surface area contributed by atoms with Crippen molar-refractivity contribution < 1.29 is 4.74 Å². The first-order chi connectivity index (χ1) is 12.1. The zero-order valence-corrected chi connectivity index (χ0v) is 16.9. The van der Waals surface area contributed by atoms with Crippen LogP contribution in [0.15, 0.2) is 30.3 Å². The number of rotatable bonds is 15. The van der Waals surface area contributed by atoms with Gasteiger partial charge in [-0.15, -0.1) is 13.2 Å². The summed E-state index contributed by atoms with van der Waals surface area (Å²) in [4.78, 5) is 7.18. The number of guanidine groups is 1. The smallest absolute Gasteiger partial charge is 0.191 e. The van der Waals surface area contributed by atoms with Gasteiger partial charge in [0.2, 0.25) is 0 Å². The molecule has 1 unspecified atom stereocenters. The van der Waals surface area contributed by atoms with Gasteiger partial charge in [0, 0.05) is 45.4 Å². The number of aliphatic imine (C=N–C) groups is 1. The van der Waals surface area contributed by atoms with Crippen LogP contribution >= 0.6 is 0 Å². The van der Waals surface area contributed by atoms with Gasteiger partial charge in [-0.05, 0) is 32.6 Å². The van der Waals surface area contributed by atoms with E-state index in [4.69, 9.17) is 9.73 Å². The van der Waals surface area contributed by atoms with E-state index in [2.05, 4.69) is 49.5 Å². The van der Waals surface area contributed by atoms with Crippen LogP contribution in [0.1, 0.15) is 40.5 Å². The topological polar surface area (TPSA) is 48.9 Å². The normalized spacial score (nSPS) is 13.1. The minimum Gasteiger partial charge on any atom is -0.382 e. The zero-order chi connectivity index (χ0) is 18.9. The van der Waals surface area contributed by atoms with E-state index in [0.29, 0.717) is 12.0 Å². The number of ether oxygens (including phenoxy) is 1. The van der Waals surface area contributed by atoms with Gasteiger partial charge in [0.1, 0.15) is 0 Å². The van der Waals surface area contributed by atoms with Crippen molar-refractivity contribution in [1.29, 1.82) is 0 Å². The summed E-state index contributed by atoms with van der Waals surface area (Å²) in [6.07, 6.45) is 6.05. The van der Waals surface area contributed by atoms with Crippen LogP contribution in [0.25, 0.3) is 0 Å². The van der Waals surface area contributed by atoms with Gasteiger partial charge in [-0.25, -0.2) is 0 Å². The second-order valence-corrected chi connectivity index (χ2v) is 6.39. The maximum absolute atomic E-state index is 5.37. The Hall–Kier alpha value is -1.33. The van der Waals surface area contributed by atoms with Gasteiger partial charge in [0.25, 0.3) is 0 Å². The molecule has 2 N–H and O–H groups in total. The average Bonchev–Trinajstić information content (AvgIpc) is 2.58. The highest BCUT2D eigenvalue weighted by atomic mass is 16.5. The molecule has 0 aliphatic rings. The lowest BCUT2D eigenvalue weighted by Crippen LogP contribution is -2.43. The second-order valence-electron chi connectivity index (χ2n) is 6.39. The molecule has 0 rings (SSSR count). The van der Waals surface area contributed by atoms with Gasteiger partial charge in [-0.1, -0.05) is 26.0 Å². The van der Waals surface area contributed by atoms with Gasteiger partial charge < -0.3 is 15.4 Å². The molecule has 0 aromatic carbocycles. The molecule has 0 saturated carbocycles. The third-order valence-electron chi connectivity index (χ3n) is 3.96. The first-order valence-corrected chi connectivity index (χ1v) is 9.66. The van der Waals surface area contributed by atoms with Crippen LogP contribution in [-0.2, 0) is 4.74 Å². The molecule has 0 bridgehead atoms. The fraction of sp³-hybridized carbons (Fsp3) is 0.750. The highest BCUT2D eigenvalue weighted by molar-refractivity contribution is 5.79. The van der Waals surface area contributed by atoms with Crippen LogP contribution in [0.4, 0.5) is 0 Å². The van der Waals surface area contributed by atoms with Crippen LogP contribution in [0.5, 0.6) is 0 Å². The van der Waals surface area contributed by atoms with Crippen molar-refractivity contribution in [3.63, 3.8) is 0 Å². The summed E-state index contributed by atoms with van der Waals surface area (Å²) in [5.74, 6) is 1.40. The van der Waals surface area contributed by atoms with Crippen molar-refractivity contribution in [3.05, 3.63) is 25.3 Å². The Bertz CT molecular complexity index is 359. The Morgan fingerprint density at radius 3 is 2.32 bits per heavy atom. The molecule has 0 aliphatic heterocycles. The molecule has 0 radical (unpaired) electrons. The molecule has 0 aromatic heterocycles. The maximum atomic E-state index is 5.37. The quantitative estimate of drug-likeness (QED) is 0.206. The lowest BCUT2D eigenvalue weighted by molar-refractivity contribution is 0.143. The molecule has 0 heterocycles. The molecular weight excluding hydrogens is 312 g/mol. The number of nitrogens with one attached hydrogen (secondary N) is 2. The summed E-state index contributed by atoms with van der Waals surface area (Å²) in [6, 6.07) is 0.365. The van der Waals surface area contributed by atoms with Gasteiger partial charge in [0.15, 0.2) is 5.96 Å². The SMILES string of the molecule is C=CCN(CC=C)C(CN=C(NCC)NCCCCOCC)C(C)C. The number of hydrogen-bond acceptors (Lipinski definition) is 3. The van der Waals surface area contributed by atoms with Crippen LogP contribution < -0.4 is 10.6 Å². The highest BCUT2D eigenvalue weighted by Crippen LogP contribution is 2.11. The number of unbranched alkanes of at least 4 members (excludes halogenated alkanes) is 1. The summed E-state index contributed by atoms with van der Waals surface area (Å²) in [6.45, 7) is 22.2. The van der Waals surface area contributed by atoms with Crippen LogP contribution in [0, 0.1) is 5.92 Å². The molecule has 5 heteroatoms. The minimum atomic E-state index is 0.365. The van der Waals surface area contributed by atoms with Gasteiger partial charge in [0.05, 0.1) is 6.54 Å². The lowest BCUT2D eigenvalue weighted by Gasteiger charge is -2.32. The molecular formula is C20H40N4O. The van der Waals surface area contributed by atoms with Crippen molar-refractivity contribution in [1.82, 2.24) is 15.5 Å². The first-order valence-electron chi connectivity index (χ1n) is 9.66. The summed E-state index contributed by atoms with van der Waals surface area (Å²) < 4.78 is 5.37. The van der Waals surface area contributed by atoms with Crippen LogP contribution in [0.2, 0.25) is 0 Å². The van der Waals surface area contributed by atoms with Gasteiger partial charge in [-0.2, -0.15) is 0 Å². The summed E-state index contributed by atoms with van der Waals surface area (Å²) >= 11 is 0. The highest BCUT2D eigenvalue weighted by Gasteiger charge is 2.20. The van der Waals surface area contributed by atoms with Gasteiger partial charge in [-0.3, -0.25) is 9.89 Å². The molecule has 1 atom stereocenters. The van der Waals surface area contributed by atoms with E-state index in [1.807, 2.05) is 19.1 Å². The fourth-order valence-electron chi connectivity index (χ4n) is 2.63. The van der Waals surface area contributed by atoms with E-state index in [-0.39, 0.29) is 0 Å². The molecule has 0 spiro atoms. The molecule has 0 saturated heterocycles. The summed E-state index contributed by atoms with van der Waals surface area (Å²) in [5, 5.41) is 6.75. The predicted molar refractivity (Wildman–Crippen MR) is 110 cm³/mol. The van der Waals surface area contributed by atoms with Crippen LogP contribution in [0.3, 0.4) is 0 Å². The largest absolute Gasteiger partial charge is 0.382 e. The van der Waals surface area contributed by atoms with Crippen molar-refractivity contribution in [2.45, 2.75) is 46.6 Å². The Morgan fingerprint density at radius 1 is 1.12 bits per heavy atom. The summed E-state index contributed by atoms with van der Waals surface area (Å²) in [5.41, 5.74) is 0. The molecule has 0 fully saturated rings. The molecule has 5 nitrogen and oxygen atoms in total. The third kappa shape index (κ3) is 11.8. The predicted octanol–water partition coefficient (Wildman–Crippen LogP) is 3.06. The van der Waals surface area contributed by atoms with Crippen molar-refractivity contribution in [2.24, 2.45) is 10.9 Å². The van der Waals surface area contributed by atoms with Crippen molar-refractivity contribution in [3.8, 4) is 0 Å². The monoisotopic (exact) mass is 352 g/mol. The number of hydrogen-bond donors (Lipinski definition) is 2. The zero-order valence-electron chi connectivity index (χ0n) is 16.9. The Morgan fingerprint density at radius 2 is 1.80 bits per heavy atom. The fourth-order valence-corrected chi connectivity index (χ4v) is 2.63. The van der Waals surface area contributed by atoms with Crippen LogP contribution in [-0.4, -0.2) is 62.8 Å². The van der Waals surface area contributed by atoms with E-state index in [0.717, 1.165) is 64.7 Å². The second kappa shape index (κ2) is 16.2. The first kappa shape index (κ1) is 23.7. The molecule has 25 heavy (non-hydrogen) atoms. The van der Waals surface area contributed by atoms with E-state index < -0.39 is 0 Å². The standard InChI is InChI=1S/C20H40N4O/c1-7-14-24(15-8-2)19(18(5)6)17-23-20(21-9-3)22-13-11-12-16-25-10-4/h7-8,18-19H,1-2,9-17H2,3-6H3,(H2,21,22,23). The summed E-state index contributed by atoms with van der Waals surface area (Å²) in [7, 11) is 0. The Kier molecular flexibility index (Phi) is 15.3. The van der Waals surface area contributed by atoms with E-state index in [1.165, 1.54) is 0 Å². The molecule has 0 aliphatic carbocycles. The third-order valence-corrected chi connectivity index (χ3v) is 3.96. The van der Waals surface area contributed by atoms with E-state index in [1.54, 1.807) is 0 Å². The maximum Gasteiger partial charge on any atom is 0.191 e. The Balaban J connectivity index is 4.63. The molecule has 146 valence electrons. The van der Waals surface area contributed by atoms with Crippen molar-refractivity contribution in [2.75, 3.05) is 45.9 Å². The minimum absolute atomic E-state index is 0.365. The Labute approximate surface area is 155 Å². The molecule has 0 aromatic rings. The average molecular weight is 353 g/mol.